The second kappa shape index (κ2) is 10.1. The van der Waals surface area contributed by atoms with E-state index in [2.05, 4.69) is 87.0 Å². The van der Waals surface area contributed by atoms with E-state index in [1.807, 2.05) is 6.07 Å². The molecule has 1 amide bonds. The van der Waals surface area contributed by atoms with Crippen molar-refractivity contribution in [3.63, 3.8) is 0 Å². The Bertz CT molecular complexity index is 991. The summed E-state index contributed by atoms with van der Waals surface area (Å²) in [5, 5.41) is 3.10. The number of carbonyl (C=O) groups excluding carboxylic acids is 1. The van der Waals surface area contributed by atoms with Gasteiger partial charge in [-0.2, -0.15) is 0 Å². The molecule has 2 aromatic carbocycles. The molecule has 0 radical (unpaired) electrons. The number of hydrogen-bond donors (Lipinski definition) is 1. The molecule has 3 aromatic rings. The topological polar surface area (TPSA) is 46.9 Å². The van der Waals surface area contributed by atoms with Gasteiger partial charge in [0.15, 0.2) is 0 Å². The van der Waals surface area contributed by atoms with Crippen molar-refractivity contribution in [2.45, 2.75) is 72.3 Å². The lowest BCUT2D eigenvalue weighted by atomic mass is 9.87. The van der Waals surface area contributed by atoms with Crippen LogP contribution in [0.15, 0.2) is 48.5 Å². The number of rotatable bonds is 9. The number of hydrogen-bond acceptors (Lipinski definition) is 2. The van der Waals surface area contributed by atoms with Gasteiger partial charge in [-0.25, -0.2) is 4.98 Å². The average Bonchev–Trinajstić information content (AvgIpc) is 3.09. The molecule has 0 aliphatic rings. The maximum absolute atomic E-state index is 12.2. The minimum Gasteiger partial charge on any atom is -0.356 e. The molecule has 0 unspecified atom stereocenters. The highest BCUT2D eigenvalue weighted by atomic mass is 16.1. The molecule has 0 bridgehead atoms. The molecule has 0 spiro atoms. The fourth-order valence-corrected chi connectivity index (χ4v) is 4.05. The number of imidazole rings is 1. The van der Waals surface area contributed by atoms with Crippen molar-refractivity contribution in [2.24, 2.45) is 5.92 Å². The van der Waals surface area contributed by atoms with Crippen molar-refractivity contribution in [3.8, 4) is 0 Å². The number of nitrogens with one attached hydrogen (secondary N) is 1. The van der Waals surface area contributed by atoms with Gasteiger partial charge >= 0.3 is 0 Å². The van der Waals surface area contributed by atoms with Crippen molar-refractivity contribution < 1.29 is 4.79 Å². The van der Waals surface area contributed by atoms with Crippen molar-refractivity contribution in [2.75, 3.05) is 6.54 Å². The molecule has 166 valence electrons. The predicted octanol–water partition coefficient (Wildman–Crippen LogP) is 5.87. The highest BCUT2D eigenvalue weighted by molar-refractivity contribution is 5.78. The normalized spacial score (nSPS) is 11.9. The number of fused-ring (bicyclic) bond motifs is 1. The van der Waals surface area contributed by atoms with Gasteiger partial charge in [0.05, 0.1) is 11.0 Å². The molecular formula is C27H37N3O. The summed E-state index contributed by atoms with van der Waals surface area (Å²) in [6, 6.07) is 17.3. The average molecular weight is 420 g/mol. The van der Waals surface area contributed by atoms with Crippen LogP contribution in [0, 0.1) is 5.92 Å². The molecule has 1 N–H and O–H groups in total. The Labute approximate surface area is 187 Å². The number of aromatic nitrogens is 2. The third-order valence-electron chi connectivity index (χ3n) is 6.13. The van der Waals surface area contributed by atoms with E-state index in [0.717, 1.165) is 43.6 Å². The summed E-state index contributed by atoms with van der Waals surface area (Å²) in [5.74, 6) is 1.39. The number of nitrogens with zero attached hydrogens (tertiary/aromatic N) is 2. The molecule has 4 heteroatoms. The van der Waals surface area contributed by atoms with Gasteiger partial charge in [-0.05, 0) is 47.9 Å². The minimum atomic E-state index is 0.126. The van der Waals surface area contributed by atoms with Crippen LogP contribution in [-0.4, -0.2) is 22.0 Å². The van der Waals surface area contributed by atoms with Crippen LogP contribution in [0.25, 0.3) is 11.0 Å². The van der Waals surface area contributed by atoms with Gasteiger partial charge in [-0.3, -0.25) is 4.79 Å². The Morgan fingerprint density at radius 2 is 1.71 bits per heavy atom. The third kappa shape index (κ3) is 5.75. The van der Waals surface area contributed by atoms with Crippen molar-refractivity contribution in [1.29, 1.82) is 0 Å². The minimum absolute atomic E-state index is 0.126. The molecule has 31 heavy (non-hydrogen) atoms. The molecule has 0 aliphatic carbocycles. The smallest absolute Gasteiger partial charge is 0.223 e. The van der Waals surface area contributed by atoms with Crippen LogP contribution in [0.1, 0.15) is 70.8 Å². The lowest BCUT2D eigenvalue weighted by Gasteiger charge is -2.19. The largest absolute Gasteiger partial charge is 0.356 e. The lowest BCUT2D eigenvalue weighted by Crippen LogP contribution is -2.31. The Balaban J connectivity index is 1.72. The van der Waals surface area contributed by atoms with Crippen LogP contribution in [0.5, 0.6) is 0 Å². The fraction of sp³-hybridized carbons (Fsp3) is 0.481. The van der Waals surface area contributed by atoms with E-state index >= 15 is 0 Å². The van der Waals surface area contributed by atoms with Crippen LogP contribution in [0.2, 0.25) is 0 Å². The first kappa shape index (κ1) is 23.1. The fourth-order valence-electron chi connectivity index (χ4n) is 4.05. The zero-order valence-corrected chi connectivity index (χ0v) is 19.7. The Hall–Kier alpha value is -2.62. The van der Waals surface area contributed by atoms with Crippen LogP contribution >= 0.6 is 0 Å². The van der Waals surface area contributed by atoms with Crippen LogP contribution in [0.3, 0.4) is 0 Å². The van der Waals surface area contributed by atoms with Crippen LogP contribution in [0.4, 0.5) is 0 Å². The maximum Gasteiger partial charge on any atom is 0.223 e. The van der Waals surface area contributed by atoms with Crippen molar-refractivity contribution in [1.82, 2.24) is 14.9 Å². The summed E-state index contributed by atoms with van der Waals surface area (Å²) >= 11 is 0. The standard InChI is InChI=1S/C27H37N3O/c1-6-21(7-2)26(31)28-18-10-13-25-29-23-11-8-9-12-24(23)30(25)19-20-14-16-22(17-15-20)27(3,4)5/h8-9,11-12,14-17,21H,6-7,10,13,18-19H2,1-5H3,(H,28,31). The molecule has 0 aliphatic heterocycles. The lowest BCUT2D eigenvalue weighted by molar-refractivity contribution is -0.125. The van der Waals surface area contributed by atoms with Gasteiger partial charge in [0.2, 0.25) is 5.91 Å². The predicted molar refractivity (Wildman–Crippen MR) is 129 cm³/mol. The van der Waals surface area contributed by atoms with E-state index in [1.165, 1.54) is 16.6 Å². The van der Waals surface area contributed by atoms with Gasteiger partial charge in [0, 0.05) is 25.4 Å². The van der Waals surface area contributed by atoms with Gasteiger partial charge in [-0.15, -0.1) is 0 Å². The zero-order valence-electron chi connectivity index (χ0n) is 19.7. The Kier molecular flexibility index (Phi) is 7.53. The number of carbonyl (C=O) groups is 1. The SMILES string of the molecule is CCC(CC)C(=O)NCCCc1nc2ccccc2n1Cc1ccc(C(C)(C)C)cc1. The summed E-state index contributed by atoms with van der Waals surface area (Å²) < 4.78 is 2.32. The molecule has 1 heterocycles. The highest BCUT2D eigenvalue weighted by Crippen LogP contribution is 2.24. The van der Waals surface area contributed by atoms with Crippen LogP contribution < -0.4 is 5.32 Å². The molecule has 4 nitrogen and oxygen atoms in total. The van der Waals surface area contributed by atoms with E-state index in [9.17, 15) is 4.79 Å². The molecular weight excluding hydrogens is 382 g/mol. The molecule has 0 atom stereocenters. The summed E-state index contributed by atoms with van der Waals surface area (Å²) in [6.07, 6.45) is 3.52. The summed E-state index contributed by atoms with van der Waals surface area (Å²) in [5.41, 5.74) is 4.98. The van der Waals surface area contributed by atoms with E-state index in [4.69, 9.17) is 4.98 Å². The van der Waals surface area contributed by atoms with E-state index in [0.29, 0.717) is 6.54 Å². The molecule has 1 aromatic heterocycles. The number of aryl methyl sites for hydroxylation is 1. The summed E-state index contributed by atoms with van der Waals surface area (Å²) in [7, 11) is 0. The third-order valence-corrected chi connectivity index (χ3v) is 6.13. The van der Waals surface area contributed by atoms with Gasteiger partial charge in [-0.1, -0.05) is 71.0 Å². The van der Waals surface area contributed by atoms with Crippen molar-refractivity contribution >= 4 is 16.9 Å². The monoisotopic (exact) mass is 419 g/mol. The van der Waals surface area contributed by atoms with Crippen LogP contribution in [-0.2, 0) is 23.2 Å². The summed E-state index contributed by atoms with van der Waals surface area (Å²) in [4.78, 5) is 17.1. The number of amides is 1. The molecule has 0 saturated carbocycles. The zero-order chi connectivity index (χ0) is 22.4. The first-order valence-corrected chi connectivity index (χ1v) is 11.6. The maximum atomic E-state index is 12.2. The molecule has 3 rings (SSSR count). The first-order chi connectivity index (χ1) is 14.8. The number of benzene rings is 2. The quantitative estimate of drug-likeness (QED) is 0.441. The van der Waals surface area contributed by atoms with E-state index in [1.54, 1.807) is 0 Å². The second-order valence-electron chi connectivity index (χ2n) is 9.46. The Morgan fingerprint density at radius 3 is 2.35 bits per heavy atom. The van der Waals surface area contributed by atoms with Gasteiger partial charge < -0.3 is 9.88 Å². The molecule has 0 fully saturated rings. The summed E-state index contributed by atoms with van der Waals surface area (Å²) in [6.45, 7) is 12.4. The number of para-hydroxylation sites is 2. The van der Waals surface area contributed by atoms with E-state index in [-0.39, 0.29) is 17.2 Å². The van der Waals surface area contributed by atoms with Gasteiger partial charge in [0.1, 0.15) is 5.82 Å². The van der Waals surface area contributed by atoms with E-state index < -0.39 is 0 Å². The highest BCUT2D eigenvalue weighted by Gasteiger charge is 2.15. The second-order valence-corrected chi connectivity index (χ2v) is 9.46. The molecule has 0 saturated heterocycles. The Morgan fingerprint density at radius 1 is 1.03 bits per heavy atom. The first-order valence-electron chi connectivity index (χ1n) is 11.6. The van der Waals surface area contributed by atoms with Crippen molar-refractivity contribution in [3.05, 3.63) is 65.5 Å². The van der Waals surface area contributed by atoms with Gasteiger partial charge in [0.25, 0.3) is 0 Å².